The molecule has 4 N–H and O–H groups in total. The van der Waals surface area contributed by atoms with E-state index in [4.69, 9.17) is 10.2 Å². The van der Waals surface area contributed by atoms with Crippen molar-refractivity contribution in [3.05, 3.63) is 59.2 Å². The lowest BCUT2D eigenvalue weighted by atomic mass is 10.1. The molecular formula is C15H15NO4. The van der Waals surface area contributed by atoms with Crippen LogP contribution < -0.4 is 5.32 Å². The molecule has 0 heterocycles. The molecule has 0 saturated heterocycles. The van der Waals surface area contributed by atoms with Crippen molar-refractivity contribution in [2.45, 2.75) is 13.2 Å². The summed E-state index contributed by atoms with van der Waals surface area (Å²) in [6, 6.07) is 11.8. The molecule has 0 aromatic heterocycles. The van der Waals surface area contributed by atoms with E-state index in [1.807, 2.05) is 24.3 Å². The van der Waals surface area contributed by atoms with Crippen molar-refractivity contribution in [1.82, 2.24) is 0 Å². The number of aromatic carboxylic acids is 1. The van der Waals surface area contributed by atoms with E-state index in [1.165, 1.54) is 12.1 Å². The van der Waals surface area contributed by atoms with Gasteiger partial charge in [0.25, 0.3) is 0 Å². The van der Waals surface area contributed by atoms with Crippen LogP contribution in [0.3, 0.4) is 0 Å². The van der Waals surface area contributed by atoms with Crippen LogP contribution in [0.4, 0.5) is 5.69 Å². The van der Waals surface area contributed by atoms with Gasteiger partial charge in [0.05, 0.1) is 6.61 Å². The Balaban J connectivity index is 2.03. The molecule has 0 atom stereocenters. The third-order valence-electron chi connectivity index (χ3n) is 2.93. The Morgan fingerprint density at radius 3 is 2.25 bits per heavy atom. The summed E-state index contributed by atoms with van der Waals surface area (Å²) in [5.41, 5.74) is 2.38. The monoisotopic (exact) mass is 273 g/mol. The number of nitrogens with one attached hydrogen (secondary N) is 1. The van der Waals surface area contributed by atoms with Gasteiger partial charge in [-0.3, -0.25) is 0 Å². The van der Waals surface area contributed by atoms with Gasteiger partial charge in [-0.25, -0.2) is 4.79 Å². The number of rotatable bonds is 5. The Hall–Kier alpha value is -2.53. The molecule has 2 aromatic carbocycles. The molecule has 20 heavy (non-hydrogen) atoms. The molecule has 2 aromatic rings. The average molecular weight is 273 g/mol. The summed E-state index contributed by atoms with van der Waals surface area (Å²) in [7, 11) is 0. The summed E-state index contributed by atoms with van der Waals surface area (Å²) in [6.07, 6.45) is 0. The van der Waals surface area contributed by atoms with Gasteiger partial charge in [0.15, 0.2) is 0 Å². The molecule has 5 heteroatoms. The highest BCUT2D eigenvalue weighted by molar-refractivity contribution is 5.91. The summed E-state index contributed by atoms with van der Waals surface area (Å²) in [6.45, 7) is 0.551. The standard InChI is InChI=1S/C15H15NO4/c17-9-11-3-1-10(2-4-11)8-16-12-5-6-13(15(19)20)14(18)7-12/h1-7,16-18H,8-9H2,(H,19,20). The van der Waals surface area contributed by atoms with Crippen LogP contribution in [0.2, 0.25) is 0 Å². The average Bonchev–Trinajstić information content (AvgIpc) is 2.45. The van der Waals surface area contributed by atoms with Crippen LogP contribution in [0.5, 0.6) is 5.75 Å². The number of hydrogen-bond acceptors (Lipinski definition) is 4. The molecule has 0 saturated carbocycles. The highest BCUT2D eigenvalue weighted by Crippen LogP contribution is 2.22. The maximum Gasteiger partial charge on any atom is 0.339 e. The zero-order valence-electron chi connectivity index (χ0n) is 10.7. The summed E-state index contributed by atoms with van der Waals surface area (Å²) in [5, 5.41) is 30.4. The van der Waals surface area contributed by atoms with Gasteiger partial charge in [0, 0.05) is 18.3 Å². The van der Waals surface area contributed by atoms with Crippen molar-refractivity contribution in [1.29, 1.82) is 0 Å². The molecule has 0 radical (unpaired) electrons. The van der Waals surface area contributed by atoms with Crippen molar-refractivity contribution < 1.29 is 20.1 Å². The quantitative estimate of drug-likeness (QED) is 0.670. The van der Waals surface area contributed by atoms with Gasteiger partial charge in [0.1, 0.15) is 11.3 Å². The number of benzene rings is 2. The Bertz CT molecular complexity index is 608. The van der Waals surface area contributed by atoms with Crippen molar-refractivity contribution in [2.24, 2.45) is 0 Å². The first-order valence-corrected chi connectivity index (χ1v) is 6.09. The van der Waals surface area contributed by atoms with E-state index < -0.39 is 5.97 Å². The van der Waals surface area contributed by atoms with E-state index in [0.717, 1.165) is 11.1 Å². The van der Waals surface area contributed by atoms with Gasteiger partial charge in [0.2, 0.25) is 0 Å². The smallest absolute Gasteiger partial charge is 0.339 e. The summed E-state index contributed by atoms with van der Waals surface area (Å²) in [5.74, 6) is -1.42. The Morgan fingerprint density at radius 2 is 1.70 bits per heavy atom. The van der Waals surface area contributed by atoms with Crippen molar-refractivity contribution in [2.75, 3.05) is 5.32 Å². The van der Waals surface area contributed by atoms with Gasteiger partial charge in [-0.15, -0.1) is 0 Å². The minimum Gasteiger partial charge on any atom is -0.507 e. The molecule has 0 aliphatic rings. The maximum atomic E-state index is 10.8. The van der Waals surface area contributed by atoms with Crippen LogP contribution in [-0.4, -0.2) is 21.3 Å². The Kier molecular flexibility index (Phi) is 4.22. The van der Waals surface area contributed by atoms with Crippen LogP contribution in [0.1, 0.15) is 21.5 Å². The van der Waals surface area contributed by atoms with Crippen molar-refractivity contribution >= 4 is 11.7 Å². The minimum absolute atomic E-state index is 0.0121. The van der Waals surface area contributed by atoms with Crippen LogP contribution >= 0.6 is 0 Å². The van der Waals surface area contributed by atoms with Gasteiger partial charge < -0.3 is 20.6 Å². The first kappa shape index (κ1) is 13.9. The number of carbonyl (C=O) groups is 1. The molecule has 0 bridgehead atoms. The summed E-state index contributed by atoms with van der Waals surface area (Å²) in [4.78, 5) is 10.8. The zero-order valence-corrected chi connectivity index (χ0v) is 10.7. The Morgan fingerprint density at radius 1 is 1.05 bits per heavy atom. The fraction of sp³-hybridized carbons (Fsp3) is 0.133. The molecular weight excluding hydrogens is 258 g/mol. The number of aliphatic hydroxyl groups is 1. The van der Waals surface area contributed by atoms with E-state index in [9.17, 15) is 9.90 Å². The molecule has 104 valence electrons. The van der Waals surface area contributed by atoms with Crippen LogP contribution in [0.25, 0.3) is 0 Å². The lowest BCUT2D eigenvalue weighted by molar-refractivity contribution is 0.0694. The first-order valence-electron chi connectivity index (χ1n) is 6.09. The second-order valence-electron chi connectivity index (χ2n) is 4.37. The number of aromatic hydroxyl groups is 1. The largest absolute Gasteiger partial charge is 0.507 e. The number of anilines is 1. The predicted octanol–water partition coefficient (Wildman–Crippen LogP) is 2.19. The predicted molar refractivity (Wildman–Crippen MR) is 74.8 cm³/mol. The lowest BCUT2D eigenvalue weighted by Gasteiger charge is -2.08. The van der Waals surface area contributed by atoms with E-state index in [1.54, 1.807) is 6.07 Å². The molecule has 0 fully saturated rings. The highest BCUT2D eigenvalue weighted by Gasteiger charge is 2.09. The first-order chi connectivity index (χ1) is 9.60. The molecule has 0 amide bonds. The molecule has 0 aliphatic carbocycles. The van der Waals surface area contributed by atoms with E-state index in [2.05, 4.69) is 5.32 Å². The van der Waals surface area contributed by atoms with Crippen LogP contribution in [-0.2, 0) is 13.2 Å². The molecule has 0 unspecified atom stereocenters. The lowest BCUT2D eigenvalue weighted by Crippen LogP contribution is -2.01. The summed E-state index contributed by atoms with van der Waals surface area (Å²) < 4.78 is 0. The van der Waals surface area contributed by atoms with E-state index >= 15 is 0 Å². The number of aliphatic hydroxyl groups excluding tert-OH is 1. The second-order valence-corrected chi connectivity index (χ2v) is 4.37. The molecule has 0 spiro atoms. The molecule has 5 nitrogen and oxygen atoms in total. The molecule has 2 rings (SSSR count). The minimum atomic E-state index is -1.16. The molecule has 0 aliphatic heterocycles. The maximum absolute atomic E-state index is 10.8. The number of carboxylic acid groups (broad SMARTS) is 1. The van der Waals surface area contributed by atoms with Crippen LogP contribution in [0, 0.1) is 0 Å². The van der Waals surface area contributed by atoms with Gasteiger partial charge >= 0.3 is 5.97 Å². The number of carboxylic acids is 1. The third-order valence-corrected chi connectivity index (χ3v) is 2.93. The second kappa shape index (κ2) is 6.08. The van der Waals surface area contributed by atoms with Crippen LogP contribution in [0.15, 0.2) is 42.5 Å². The van der Waals surface area contributed by atoms with Crippen molar-refractivity contribution in [3.63, 3.8) is 0 Å². The topological polar surface area (TPSA) is 89.8 Å². The fourth-order valence-corrected chi connectivity index (χ4v) is 1.79. The number of phenols is 1. The van der Waals surface area contributed by atoms with E-state index in [-0.39, 0.29) is 17.9 Å². The number of hydrogen-bond donors (Lipinski definition) is 4. The van der Waals surface area contributed by atoms with Crippen molar-refractivity contribution in [3.8, 4) is 5.75 Å². The Labute approximate surface area is 116 Å². The summed E-state index contributed by atoms with van der Waals surface area (Å²) >= 11 is 0. The van der Waals surface area contributed by atoms with E-state index in [0.29, 0.717) is 12.2 Å². The van der Waals surface area contributed by atoms with Gasteiger partial charge in [-0.05, 0) is 23.3 Å². The SMILES string of the molecule is O=C(O)c1ccc(NCc2ccc(CO)cc2)cc1O. The zero-order chi connectivity index (χ0) is 14.5. The fourth-order valence-electron chi connectivity index (χ4n) is 1.79. The van der Waals surface area contributed by atoms with Gasteiger partial charge in [-0.1, -0.05) is 24.3 Å². The normalized spacial score (nSPS) is 10.2. The third kappa shape index (κ3) is 3.27. The van der Waals surface area contributed by atoms with Gasteiger partial charge in [-0.2, -0.15) is 0 Å². The highest BCUT2D eigenvalue weighted by atomic mass is 16.4.